The van der Waals surface area contributed by atoms with Crippen LogP contribution in [0.2, 0.25) is 0 Å². The molecule has 1 aromatic rings. The Morgan fingerprint density at radius 2 is 2.25 bits per heavy atom. The third-order valence-electron chi connectivity index (χ3n) is 2.98. The number of carboxylic acids is 1. The number of ether oxygens (including phenoxy) is 1. The van der Waals surface area contributed by atoms with Gasteiger partial charge in [0.1, 0.15) is 11.5 Å². The van der Waals surface area contributed by atoms with Gasteiger partial charge >= 0.3 is 12.0 Å². The topological polar surface area (TPSA) is 114 Å². The number of urea groups is 1. The molecule has 2 atom stereocenters. The molecule has 2 amide bonds. The van der Waals surface area contributed by atoms with E-state index in [1.165, 1.54) is 0 Å². The number of nitrogens with one attached hydrogen (secondary N) is 2. The Bertz CT molecular complexity index is 487. The predicted octanol–water partition coefficient (Wildman–Crippen LogP) is 0.414. The third-order valence-corrected chi connectivity index (χ3v) is 2.98. The molecule has 0 aliphatic carbocycles. The Hall–Kier alpha value is -2.09. The first-order chi connectivity index (χ1) is 9.54. The highest BCUT2D eigenvalue weighted by Crippen LogP contribution is 2.19. The number of carbonyl (C=O) groups excluding carboxylic acids is 1. The van der Waals surface area contributed by atoms with E-state index in [1.54, 1.807) is 13.0 Å². The minimum Gasteiger partial charge on any atom is -0.479 e. The number of hydrogen-bond donors (Lipinski definition) is 3. The number of aliphatic carboxylic acids is 1. The molecular formula is C12H17N3O5. The van der Waals surface area contributed by atoms with Crippen molar-refractivity contribution >= 4 is 12.0 Å². The number of carboxylic acid groups (broad SMARTS) is 1. The Balaban J connectivity index is 1.64. The van der Waals surface area contributed by atoms with Gasteiger partial charge < -0.3 is 25.0 Å². The molecule has 2 unspecified atom stereocenters. The number of amides is 2. The van der Waals surface area contributed by atoms with Crippen LogP contribution in [0.1, 0.15) is 24.3 Å². The van der Waals surface area contributed by atoms with Crippen LogP contribution in [0.5, 0.6) is 0 Å². The maximum absolute atomic E-state index is 11.5. The van der Waals surface area contributed by atoms with Crippen LogP contribution in [0.3, 0.4) is 0 Å². The maximum Gasteiger partial charge on any atom is 0.332 e. The van der Waals surface area contributed by atoms with Crippen molar-refractivity contribution in [3.05, 3.63) is 17.5 Å². The molecular weight excluding hydrogens is 266 g/mol. The Labute approximate surface area is 115 Å². The van der Waals surface area contributed by atoms with Crippen LogP contribution in [0, 0.1) is 6.92 Å². The number of aryl methyl sites for hydroxylation is 1. The smallest absolute Gasteiger partial charge is 0.332 e. The van der Waals surface area contributed by atoms with E-state index in [2.05, 4.69) is 15.8 Å². The number of nitrogens with zero attached hydrogens (tertiary/aromatic N) is 1. The molecule has 8 nitrogen and oxygen atoms in total. The minimum atomic E-state index is -0.960. The fourth-order valence-electron chi connectivity index (χ4n) is 1.98. The third kappa shape index (κ3) is 3.95. The first-order valence-electron chi connectivity index (χ1n) is 6.36. The number of hydrogen-bond acceptors (Lipinski definition) is 5. The Kier molecular flexibility index (Phi) is 4.57. The summed E-state index contributed by atoms with van der Waals surface area (Å²) >= 11 is 0. The van der Waals surface area contributed by atoms with Crippen molar-refractivity contribution in [3.63, 3.8) is 0 Å². The molecule has 0 bridgehead atoms. The fraction of sp³-hybridized carbons (Fsp3) is 0.583. The van der Waals surface area contributed by atoms with E-state index in [9.17, 15) is 9.59 Å². The lowest BCUT2D eigenvalue weighted by Gasteiger charge is -2.12. The van der Waals surface area contributed by atoms with E-state index >= 15 is 0 Å². The zero-order chi connectivity index (χ0) is 14.5. The number of carbonyl (C=O) groups is 2. The van der Waals surface area contributed by atoms with Crippen molar-refractivity contribution in [1.29, 1.82) is 0 Å². The first-order valence-corrected chi connectivity index (χ1v) is 6.36. The zero-order valence-corrected chi connectivity index (χ0v) is 11.1. The summed E-state index contributed by atoms with van der Waals surface area (Å²) in [5.41, 5.74) is 0.640. The van der Waals surface area contributed by atoms with E-state index in [0.717, 1.165) is 0 Å². The van der Waals surface area contributed by atoms with Gasteiger partial charge in [-0.1, -0.05) is 5.16 Å². The average Bonchev–Trinajstić information content (AvgIpc) is 3.03. The molecule has 0 aromatic carbocycles. The first kappa shape index (κ1) is 14.3. The van der Waals surface area contributed by atoms with Crippen LogP contribution in [0.4, 0.5) is 4.79 Å². The molecule has 1 aromatic heterocycles. The van der Waals surface area contributed by atoms with Crippen LogP contribution in [-0.2, 0) is 16.1 Å². The van der Waals surface area contributed by atoms with Gasteiger partial charge in [0.25, 0.3) is 0 Å². The second-order valence-electron chi connectivity index (χ2n) is 4.65. The van der Waals surface area contributed by atoms with Crippen LogP contribution >= 0.6 is 0 Å². The molecule has 110 valence electrons. The Morgan fingerprint density at radius 3 is 2.85 bits per heavy atom. The van der Waals surface area contributed by atoms with E-state index in [0.29, 0.717) is 24.3 Å². The second kappa shape index (κ2) is 6.38. The monoisotopic (exact) mass is 283 g/mol. The molecule has 1 aliphatic rings. The van der Waals surface area contributed by atoms with Gasteiger partial charge in [-0.15, -0.1) is 0 Å². The second-order valence-corrected chi connectivity index (χ2v) is 4.65. The highest BCUT2D eigenvalue weighted by Gasteiger charge is 2.30. The van der Waals surface area contributed by atoms with Gasteiger partial charge in [0, 0.05) is 12.6 Å². The Morgan fingerprint density at radius 1 is 1.45 bits per heavy atom. The summed E-state index contributed by atoms with van der Waals surface area (Å²) in [6.45, 7) is 2.33. The van der Waals surface area contributed by atoms with Crippen LogP contribution in [-0.4, -0.2) is 41.0 Å². The van der Waals surface area contributed by atoms with Gasteiger partial charge in [-0.05, 0) is 19.8 Å². The highest BCUT2D eigenvalue weighted by molar-refractivity contribution is 5.74. The van der Waals surface area contributed by atoms with Gasteiger partial charge in [0.15, 0.2) is 6.10 Å². The van der Waals surface area contributed by atoms with Gasteiger partial charge in [-0.25, -0.2) is 9.59 Å². The van der Waals surface area contributed by atoms with Crippen LogP contribution < -0.4 is 10.6 Å². The molecule has 2 heterocycles. The summed E-state index contributed by atoms with van der Waals surface area (Å²) in [5.74, 6) is -0.278. The van der Waals surface area contributed by atoms with Crippen molar-refractivity contribution in [3.8, 4) is 0 Å². The molecule has 1 saturated heterocycles. The molecule has 0 spiro atoms. The average molecular weight is 283 g/mol. The summed E-state index contributed by atoms with van der Waals surface area (Å²) < 4.78 is 10.1. The fourth-order valence-corrected chi connectivity index (χ4v) is 1.98. The van der Waals surface area contributed by atoms with Gasteiger partial charge in [-0.3, -0.25) is 0 Å². The van der Waals surface area contributed by atoms with E-state index < -0.39 is 12.1 Å². The lowest BCUT2D eigenvalue weighted by Crippen LogP contribution is -2.39. The lowest BCUT2D eigenvalue weighted by atomic mass is 10.2. The predicted molar refractivity (Wildman–Crippen MR) is 67.0 cm³/mol. The standard InChI is InChI=1S/C12H17N3O5/c1-7-4-8(15-20-7)5-13-12(18)14-6-9-2-3-10(19-9)11(16)17/h4,9-10H,2-3,5-6H2,1H3,(H,16,17)(H2,13,14,18). The molecule has 1 aliphatic heterocycles. The van der Waals surface area contributed by atoms with Gasteiger partial charge in [-0.2, -0.15) is 0 Å². The summed E-state index contributed by atoms with van der Waals surface area (Å²) in [4.78, 5) is 22.2. The van der Waals surface area contributed by atoms with Crippen molar-refractivity contribution < 1.29 is 24.0 Å². The van der Waals surface area contributed by atoms with Gasteiger partial charge in [0.2, 0.25) is 0 Å². The SMILES string of the molecule is Cc1cc(CNC(=O)NCC2CCC(C(=O)O)O2)no1. The van der Waals surface area contributed by atoms with Crippen molar-refractivity contribution in [1.82, 2.24) is 15.8 Å². The van der Waals surface area contributed by atoms with E-state index in [1.807, 2.05) is 0 Å². The molecule has 20 heavy (non-hydrogen) atoms. The zero-order valence-electron chi connectivity index (χ0n) is 11.1. The van der Waals surface area contributed by atoms with Crippen LogP contribution in [0.15, 0.2) is 10.6 Å². The summed E-state index contributed by atoms with van der Waals surface area (Å²) in [5, 5.41) is 17.8. The number of aromatic nitrogens is 1. The van der Waals surface area contributed by atoms with Crippen molar-refractivity contribution in [2.24, 2.45) is 0 Å². The van der Waals surface area contributed by atoms with Crippen molar-refractivity contribution in [2.75, 3.05) is 6.54 Å². The molecule has 3 N–H and O–H groups in total. The molecule has 0 radical (unpaired) electrons. The van der Waals surface area contributed by atoms with Gasteiger partial charge in [0.05, 0.1) is 12.6 Å². The summed E-state index contributed by atoms with van der Waals surface area (Å²) in [7, 11) is 0. The van der Waals surface area contributed by atoms with E-state index in [-0.39, 0.29) is 25.2 Å². The summed E-state index contributed by atoms with van der Waals surface area (Å²) in [6.07, 6.45) is 0.0837. The van der Waals surface area contributed by atoms with E-state index in [4.69, 9.17) is 14.4 Å². The lowest BCUT2D eigenvalue weighted by molar-refractivity contribution is -0.149. The molecule has 0 saturated carbocycles. The maximum atomic E-state index is 11.5. The molecule has 1 fully saturated rings. The largest absolute Gasteiger partial charge is 0.479 e. The minimum absolute atomic E-state index is 0.254. The normalized spacial score (nSPS) is 21.6. The van der Waals surface area contributed by atoms with Crippen LogP contribution in [0.25, 0.3) is 0 Å². The molecule has 2 rings (SSSR count). The van der Waals surface area contributed by atoms with Crippen molar-refractivity contribution in [2.45, 2.75) is 38.5 Å². The summed E-state index contributed by atoms with van der Waals surface area (Å²) in [6, 6.07) is 1.38. The highest BCUT2D eigenvalue weighted by atomic mass is 16.5. The number of rotatable bonds is 5. The molecule has 8 heteroatoms. The quantitative estimate of drug-likeness (QED) is 0.721.